The summed E-state index contributed by atoms with van der Waals surface area (Å²) in [5, 5.41) is 0. The predicted molar refractivity (Wildman–Crippen MR) is 115 cm³/mol. The number of aryl methyl sites for hydroxylation is 1. The van der Waals surface area contributed by atoms with E-state index in [0.29, 0.717) is 11.8 Å². The number of amides is 1. The van der Waals surface area contributed by atoms with Crippen molar-refractivity contribution in [3.05, 3.63) is 59.0 Å². The van der Waals surface area contributed by atoms with Gasteiger partial charge in [-0.05, 0) is 69.6 Å². The fraction of sp³-hybridized carbons (Fsp3) is 0.560. The van der Waals surface area contributed by atoms with Crippen LogP contribution in [0.2, 0.25) is 0 Å². The molecule has 1 aromatic heterocycles. The molecule has 0 bridgehead atoms. The lowest BCUT2D eigenvalue weighted by Crippen LogP contribution is -3.13. The van der Waals surface area contributed by atoms with E-state index >= 15 is 0 Å². The van der Waals surface area contributed by atoms with Gasteiger partial charge in [0, 0.05) is 18.7 Å². The molecule has 156 valence electrons. The summed E-state index contributed by atoms with van der Waals surface area (Å²) >= 11 is 0. The minimum absolute atomic E-state index is 0.0640. The normalized spacial score (nSPS) is 19.3. The first-order valence-electron chi connectivity index (χ1n) is 11.5. The zero-order valence-electron chi connectivity index (χ0n) is 17.8. The molecule has 1 amide bonds. The SMILES string of the molecule is Cc1ccccc1C[NH+](Cc1ccc(C(=O)N2CCCCC2)o1)C1CCCCC1. The van der Waals surface area contributed by atoms with Gasteiger partial charge in [-0.25, -0.2) is 0 Å². The Bertz CT molecular complexity index is 801. The third-order valence-electron chi connectivity index (χ3n) is 6.78. The monoisotopic (exact) mass is 395 g/mol. The standard InChI is InChI=1S/C25H34N2O2/c1-20-10-6-7-11-21(20)18-27(22-12-4-2-5-13-22)19-23-14-15-24(29-23)25(28)26-16-8-3-9-17-26/h6-7,10-11,14-15,22H,2-5,8-9,12-13,16-19H2,1H3/p+1. The molecule has 29 heavy (non-hydrogen) atoms. The summed E-state index contributed by atoms with van der Waals surface area (Å²) in [6, 6.07) is 13.3. The van der Waals surface area contributed by atoms with Crippen LogP contribution in [0.1, 0.15) is 78.8 Å². The van der Waals surface area contributed by atoms with Crippen molar-refractivity contribution in [2.24, 2.45) is 0 Å². The van der Waals surface area contributed by atoms with Crippen LogP contribution in [-0.4, -0.2) is 29.9 Å². The van der Waals surface area contributed by atoms with E-state index in [2.05, 4.69) is 31.2 Å². The average Bonchev–Trinajstić information content (AvgIpc) is 3.24. The van der Waals surface area contributed by atoms with E-state index in [0.717, 1.165) is 44.8 Å². The molecule has 1 atom stereocenters. The first-order valence-corrected chi connectivity index (χ1v) is 11.5. The Kier molecular flexibility index (Phi) is 6.70. The molecule has 4 heteroatoms. The maximum atomic E-state index is 12.8. The van der Waals surface area contributed by atoms with Gasteiger partial charge < -0.3 is 14.2 Å². The van der Waals surface area contributed by atoms with Gasteiger partial charge in [-0.1, -0.05) is 30.7 Å². The summed E-state index contributed by atoms with van der Waals surface area (Å²) in [4.78, 5) is 16.3. The molecule has 2 fully saturated rings. The van der Waals surface area contributed by atoms with Gasteiger partial charge in [-0.2, -0.15) is 0 Å². The molecule has 1 N–H and O–H groups in total. The summed E-state index contributed by atoms with van der Waals surface area (Å²) in [5.74, 6) is 1.52. The van der Waals surface area contributed by atoms with Crippen LogP contribution in [0, 0.1) is 6.92 Å². The first-order chi connectivity index (χ1) is 14.2. The molecule has 1 saturated heterocycles. The van der Waals surface area contributed by atoms with E-state index in [1.807, 2.05) is 17.0 Å². The van der Waals surface area contributed by atoms with E-state index in [4.69, 9.17) is 4.42 Å². The molecule has 4 rings (SSSR count). The molecule has 2 heterocycles. The highest BCUT2D eigenvalue weighted by Crippen LogP contribution is 2.18. The number of furan rings is 1. The summed E-state index contributed by atoms with van der Waals surface area (Å²) in [6.07, 6.45) is 10.1. The van der Waals surface area contributed by atoms with Gasteiger partial charge in [0.1, 0.15) is 13.1 Å². The van der Waals surface area contributed by atoms with Crippen molar-refractivity contribution in [2.45, 2.75) is 77.4 Å². The van der Waals surface area contributed by atoms with Crippen molar-refractivity contribution < 1.29 is 14.1 Å². The second kappa shape index (κ2) is 9.62. The minimum atomic E-state index is 0.0640. The molecule has 2 aromatic rings. The molecule has 1 aliphatic carbocycles. The number of benzene rings is 1. The van der Waals surface area contributed by atoms with E-state index < -0.39 is 0 Å². The van der Waals surface area contributed by atoms with E-state index in [9.17, 15) is 4.79 Å². The largest absolute Gasteiger partial charge is 0.450 e. The fourth-order valence-corrected chi connectivity index (χ4v) is 4.98. The zero-order chi connectivity index (χ0) is 20.1. The van der Waals surface area contributed by atoms with E-state index in [1.54, 1.807) is 4.90 Å². The van der Waals surface area contributed by atoms with E-state index in [1.165, 1.54) is 49.7 Å². The van der Waals surface area contributed by atoms with Gasteiger partial charge in [-0.15, -0.1) is 0 Å². The molecule has 1 unspecified atom stereocenters. The molecular formula is C25H35N2O2+. The Morgan fingerprint density at radius 1 is 0.966 bits per heavy atom. The topological polar surface area (TPSA) is 37.9 Å². The quantitative estimate of drug-likeness (QED) is 0.799. The van der Waals surface area contributed by atoms with Gasteiger partial charge in [0.15, 0.2) is 11.5 Å². The summed E-state index contributed by atoms with van der Waals surface area (Å²) in [6.45, 7) is 5.80. The maximum Gasteiger partial charge on any atom is 0.289 e. The third kappa shape index (κ3) is 5.11. The number of nitrogens with zero attached hydrogens (tertiary/aromatic N) is 1. The summed E-state index contributed by atoms with van der Waals surface area (Å²) in [7, 11) is 0. The number of carbonyl (C=O) groups is 1. The Balaban J connectivity index is 1.47. The van der Waals surface area contributed by atoms with Crippen LogP contribution in [0.15, 0.2) is 40.8 Å². The summed E-state index contributed by atoms with van der Waals surface area (Å²) in [5.41, 5.74) is 2.78. The Labute approximate surface area is 174 Å². The fourth-order valence-electron chi connectivity index (χ4n) is 4.98. The molecule has 4 nitrogen and oxygen atoms in total. The number of carbonyl (C=O) groups excluding carboxylic acids is 1. The average molecular weight is 396 g/mol. The van der Waals surface area contributed by atoms with Crippen LogP contribution in [0.4, 0.5) is 0 Å². The number of quaternary nitrogens is 1. The van der Waals surface area contributed by atoms with Crippen molar-refractivity contribution in [1.82, 2.24) is 4.90 Å². The predicted octanol–water partition coefficient (Wildman–Crippen LogP) is 4.13. The molecule has 0 radical (unpaired) electrons. The minimum Gasteiger partial charge on any atom is -0.450 e. The number of piperidine rings is 1. The Morgan fingerprint density at radius 2 is 1.69 bits per heavy atom. The Hall–Kier alpha value is -2.07. The number of likely N-dealkylation sites (tertiary alicyclic amines) is 1. The highest BCUT2D eigenvalue weighted by Gasteiger charge is 2.27. The second-order valence-corrected chi connectivity index (χ2v) is 8.89. The zero-order valence-corrected chi connectivity index (χ0v) is 17.8. The number of hydrogen-bond acceptors (Lipinski definition) is 2. The van der Waals surface area contributed by atoms with Crippen LogP contribution in [0.5, 0.6) is 0 Å². The van der Waals surface area contributed by atoms with Gasteiger partial charge >= 0.3 is 0 Å². The van der Waals surface area contributed by atoms with Crippen LogP contribution >= 0.6 is 0 Å². The van der Waals surface area contributed by atoms with Gasteiger partial charge in [-0.3, -0.25) is 4.79 Å². The van der Waals surface area contributed by atoms with Crippen molar-refractivity contribution in [1.29, 1.82) is 0 Å². The van der Waals surface area contributed by atoms with Crippen molar-refractivity contribution >= 4 is 5.91 Å². The van der Waals surface area contributed by atoms with Crippen molar-refractivity contribution in [3.63, 3.8) is 0 Å². The maximum absolute atomic E-state index is 12.8. The third-order valence-corrected chi connectivity index (χ3v) is 6.78. The number of hydrogen-bond donors (Lipinski definition) is 1. The molecular weight excluding hydrogens is 360 g/mol. The molecule has 0 spiro atoms. The smallest absolute Gasteiger partial charge is 0.289 e. The molecule has 1 saturated carbocycles. The van der Waals surface area contributed by atoms with Crippen LogP contribution in [0.25, 0.3) is 0 Å². The number of nitrogens with one attached hydrogen (secondary N) is 1. The van der Waals surface area contributed by atoms with Crippen molar-refractivity contribution in [2.75, 3.05) is 13.1 Å². The van der Waals surface area contributed by atoms with Crippen LogP contribution in [-0.2, 0) is 13.1 Å². The molecule has 2 aliphatic rings. The summed E-state index contributed by atoms with van der Waals surface area (Å²) < 4.78 is 6.08. The van der Waals surface area contributed by atoms with E-state index in [-0.39, 0.29) is 5.91 Å². The lowest BCUT2D eigenvalue weighted by Gasteiger charge is -2.31. The molecule has 1 aromatic carbocycles. The van der Waals surface area contributed by atoms with Gasteiger partial charge in [0.05, 0.1) is 6.04 Å². The van der Waals surface area contributed by atoms with Crippen LogP contribution < -0.4 is 4.90 Å². The highest BCUT2D eigenvalue weighted by atomic mass is 16.4. The first kappa shape index (κ1) is 20.2. The highest BCUT2D eigenvalue weighted by molar-refractivity contribution is 5.91. The number of rotatable bonds is 6. The Morgan fingerprint density at radius 3 is 2.45 bits per heavy atom. The van der Waals surface area contributed by atoms with Crippen LogP contribution in [0.3, 0.4) is 0 Å². The lowest BCUT2D eigenvalue weighted by atomic mass is 9.93. The van der Waals surface area contributed by atoms with Gasteiger partial charge in [0.25, 0.3) is 5.91 Å². The molecule has 1 aliphatic heterocycles. The second-order valence-electron chi connectivity index (χ2n) is 8.89. The van der Waals surface area contributed by atoms with Gasteiger partial charge in [0.2, 0.25) is 0 Å². The lowest BCUT2D eigenvalue weighted by molar-refractivity contribution is -0.954. The van der Waals surface area contributed by atoms with Crippen molar-refractivity contribution in [3.8, 4) is 0 Å².